The van der Waals surface area contributed by atoms with Gasteiger partial charge in [0.2, 0.25) is 10.0 Å². The molecule has 0 amide bonds. The van der Waals surface area contributed by atoms with Gasteiger partial charge < -0.3 is 9.84 Å². The second-order valence-electron chi connectivity index (χ2n) is 5.34. The monoisotopic (exact) mass is 377 g/mol. The highest BCUT2D eigenvalue weighted by Crippen LogP contribution is 2.32. The van der Waals surface area contributed by atoms with Crippen LogP contribution < -0.4 is 0 Å². The van der Waals surface area contributed by atoms with Gasteiger partial charge in [-0.2, -0.15) is 4.31 Å². The number of benzene rings is 1. The fourth-order valence-corrected chi connectivity index (χ4v) is 5.09. The highest BCUT2D eigenvalue weighted by atomic mass is 79.9. The molecule has 1 aliphatic heterocycles. The van der Waals surface area contributed by atoms with Gasteiger partial charge in [-0.25, -0.2) is 8.42 Å². The van der Waals surface area contributed by atoms with Crippen LogP contribution >= 0.6 is 15.9 Å². The third kappa shape index (κ3) is 3.17. The van der Waals surface area contributed by atoms with Crippen molar-refractivity contribution in [1.29, 1.82) is 0 Å². The summed E-state index contributed by atoms with van der Waals surface area (Å²) in [5.41, 5.74) is 1.36. The van der Waals surface area contributed by atoms with Crippen LogP contribution in [0.15, 0.2) is 21.5 Å². The summed E-state index contributed by atoms with van der Waals surface area (Å²) < 4.78 is 33.1. The standard InChI is InChI=1S/C14H20BrNO4S/c1-9-6-11(8-17)7-13(14(9)15)21(18,19)16(3)12-4-5-20-10(12)2/h6-7,10,12,17H,4-5,8H2,1-3H3. The molecule has 0 radical (unpaired) electrons. The summed E-state index contributed by atoms with van der Waals surface area (Å²) in [5, 5.41) is 9.29. The van der Waals surface area contributed by atoms with Crippen molar-refractivity contribution in [3.05, 3.63) is 27.7 Å². The van der Waals surface area contributed by atoms with E-state index in [2.05, 4.69) is 15.9 Å². The smallest absolute Gasteiger partial charge is 0.244 e. The first-order valence-corrected chi connectivity index (χ1v) is 9.02. The zero-order valence-corrected chi connectivity index (χ0v) is 14.7. The minimum Gasteiger partial charge on any atom is -0.392 e. The van der Waals surface area contributed by atoms with Gasteiger partial charge in [0.05, 0.1) is 23.6 Å². The molecule has 0 aliphatic carbocycles. The fourth-order valence-electron chi connectivity index (χ4n) is 2.62. The lowest BCUT2D eigenvalue weighted by Gasteiger charge is -2.27. The molecule has 2 atom stereocenters. The number of hydrogen-bond acceptors (Lipinski definition) is 4. The minimum atomic E-state index is -3.65. The van der Waals surface area contributed by atoms with Crippen LogP contribution in [-0.4, -0.2) is 43.6 Å². The maximum atomic E-state index is 12.9. The summed E-state index contributed by atoms with van der Waals surface area (Å²) in [6.07, 6.45) is 0.568. The normalized spacial score (nSPS) is 23.0. The Morgan fingerprint density at radius 2 is 2.14 bits per heavy atom. The fraction of sp³-hybridized carbons (Fsp3) is 0.571. The number of aliphatic hydroxyl groups is 1. The van der Waals surface area contributed by atoms with Crippen LogP contribution in [0.1, 0.15) is 24.5 Å². The van der Waals surface area contributed by atoms with Gasteiger partial charge in [-0.05, 0) is 53.4 Å². The zero-order chi connectivity index (χ0) is 15.8. The average Bonchev–Trinajstić information content (AvgIpc) is 2.86. The van der Waals surface area contributed by atoms with E-state index in [-0.39, 0.29) is 23.6 Å². The Balaban J connectivity index is 2.46. The van der Waals surface area contributed by atoms with Crippen molar-refractivity contribution < 1.29 is 18.3 Å². The summed E-state index contributed by atoms with van der Waals surface area (Å²) in [5.74, 6) is 0. The van der Waals surface area contributed by atoms with Crippen molar-refractivity contribution in [3.63, 3.8) is 0 Å². The molecule has 1 fully saturated rings. The topological polar surface area (TPSA) is 66.8 Å². The summed E-state index contributed by atoms with van der Waals surface area (Å²) in [6, 6.07) is 3.12. The van der Waals surface area contributed by atoms with Crippen molar-refractivity contribution in [3.8, 4) is 0 Å². The van der Waals surface area contributed by atoms with Crippen molar-refractivity contribution in [2.24, 2.45) is 0 Å². The van der Waals surface area contributed by atoms with Crippen LogP contribution in [-0.2, 0) is 21.4 Å². The van der Waals surface area contributed by atoms with Crippen LogP contribution in [0, 0.1) is 6.92 Å². The Hall–Kier alpha value is -0.470. The molecule has 0 spiro atoms. The van der Waals surface area contributed by atoms with Crippen LogP contribution in [0.2, 0.25) is 0 Å². The van der Waals surface area contributed by atoms with Gasteiger partial charge in [0.15, 0.2) is 0 Å². The van der Waals surface area contributed by atoms with Gasteiger partial charge in [0.25, 0.3) is 0 Å². The molecule has 1 N–H and O–H groups in total. The minimum absolute atomic E-state index is 0.120. The van der Waals surface area contributed by atoms with Crippen LogP contribution in [0.25, 0.3) is 0 Å². The molecule has 1 aliphatic rings. The lowest BCUT2D eigenvalue weighted by atomic mass is 10.1. The number of halogens is 1. The number of rotatable bonds is 4. The largest absolute Gasteiger partial charge is 0.392 e. The van der Waals surface area contributed by atoms with E-state index in [0.717, 1.165) is 5.56 Å². The first-order valence-electron chi connectivity index (χ1n) is 6.78. The maximum Gasteiger partial charge on any atom is 0.244 e. The molecule has 0 bridgehead atoms. The maximum absolute atomic E-state index is 12.9. The summed E-state index contributed by atoms with van der Waals surface area (Å²) >= 11 is 3.35. The molecule has 1 heterocycles. The average molecular weight is 378 g/mol. The third-order valence-electron chi connectivity index (χ3n) is 3.92. The quantitative estimate of drug-likeness (QED) is 0.871. The predicted molar refractivity (Wildman–Crippen MR) is 83.6 cm³/mol. The van der Waals surface area contributed by atoms with Crippen LogP contribution in [0.4, 0.5) is 0 Å². The Morgan fingerprint density at radius 3 is 2.67 bits per heavy atom. The van der Waals surface area contributed by atoms with Crippen molar-refractivity contribution in [1.82, 2.24) is 4.31 Å². The Labute approximate surface area is 134 Å². The van der Waals surface area contributed by atoms with E-state index in [4.69, 9.17) is 4.74 Å². The third-order valence-corrected chi connectivity index (χ3v) is 7.15. The van der Waals surface area contributed by atoms with E-state index in [1.807, 2.05) is 13.8 Å². The lowest BCUT2D eigenvalue weighted by Crippen LogP contribution is -2.41. The Kier molecular flexibility index (Phi) is 5.10. The number of aryl methyl sites for hydroxylation is 1. The highest BCUT2D eigenvalue weighted by Gasteiger charge is 2.36. The molecule has 1 aromatic carbocycles. The van der Waals surface area contributed by atoms with Crippen LogP contribution in [0.5, 0.6) is 0 Å². The molecule has 0 aromatic heterocycles. The molecular formula is C14H20BrNO4S. The molecule has 21 heavy (non-hydrogen) atoms. The van der Waals surface area contributed by atoms with Gasteiger partial charge in [-0.1, -0.05) is 6.07 Å². The Morgan fingerprint density at radius 1 is 1.48 bits per heavy atom. The van der Waals surface area contributed by atoms with E-state index in [1.165, 1.54) is 10.4 Å². The van der Waals surface area contributed by atoms with Crippen molar-refractivity contribution in [2.45, 2.75) is 43.9 Å². The number of likely N-dealkylation sites (N-methyl/N-ethyl adjacent to an activating group) is 1. The molecule has 2 rings (SSSR count). The van der Waals surface area contributed by atoms with Gasteiger partial charge >= 0.3 is 0 Å². The molecule has 1 saturated heterocycles. The molecule has 118 valence electrons. The van der Waals surface area contributed by atoms with Crippen molar-refractivity contribution in [2.75, 3.05) is 13.7 Å². The number of aliphatic hydroxyl groups excluding tert-OH is 1. The van der Waals surface area contributed by atoms with E-state index in [9.17, 15) is 13.5 Å². The number of nitrogens with zero attached hydrogens (tertiary/aromatic N) is 1. The first kappa shape index (κ1) is 16.9. The molecule has 0 saturated carbocycles. The van der Waals surface area contributed by atoms with E-state index in [1.54, 1.807) is 13.1 Å². The summed E-state index contributed by atoms with van der Waals surface area (Å²) in [6.45, 7) is 4.07. The molecular weight excluding hydrogens is 358 g/mol. The Bertz CT molecular complexity index is 632. The molecule has 5 nitrogen and oxygen atoms in total. The number of sulfonamides is 1. The summed E-state index contributed by atoms with van der Waals surface area (Å²) in [7, 11) is -2.06. The SMILES string of the molecule is Cc1cc(CO)cc(S(=O)(=O)N(C)C2CCOC2C)c1Br. The molecule has 1 aromatic rings. The summed E-state index contributed by atoms with van der Waals surface area (Å²) in [4.78, 5) is 0.188. The number of ether oxygens (including phenoxy) is 1. The van der Waals surface area contributed by atoms with Crippen molar-refractivity contribution >= 4 is 26.0 Å². The zero-order valence-electron chi connectivity index (χ0n) is 12.3. The number of hydrogen-bond donors (Lipinski definition) is 1. The van der Waals surface area contributed by atoms with Gasteiger partial charge in [-0.3, -0.25) is 0 Å². The highest BCUT2D eigenvalue weighted by molar-refractivity contribution is 9.10. The van der Waals surface area contributed by atoms with E-state index >= 15 is 0 Å². The lowest BCUT2D eigenvalue weighted by molar-refractivity contribution is 0.102. The van der Waals surface area contributed by atoms with E-state index < -0.39 is 10.0 Å². The molecule has 7 heteroatoms. The second-order valence-corrected chi connectivity index (χ2v) is 8.10. The second kappa shape index (κ2) is 6.34. The van der Waals surface area contributed by atoms with E-state index in [0.29, 0.717) is 23.1 Å². The van der Waals surface area contributed by atoms with Gasteiger partial charge in [0, 0.05) is 18.1 Å². The van der Waals surface area contributed by atoms with Gasteiger partial charge in [0.1, 0.15) is 0 Å². The van der Waals surface area contributed by atoms with Gasteiger partial charge in [-0.15, -0.1) is 0 Å². The predicted octanol–water partition coefficient (Wildman–Crippen LogP) is 2.05. The molecule has 2 unspecified atom stereocenters. The van der Waals surface area contributed by atoms with Crippen LogP contribution in [0.3, 0.4) is 0 Å². The first-order chi connectivity index (χ1) is 9.78.